The number of nitrogens with two attached hydrogens (primary N) is 1. The number of hydrogen-bond donors (Lipinski definition) is 2. The molecule has 0 aliphatic heterocycles. The van der Waals surface area contributed by atoms with Crippen molar-refractivity contribution in [3.05, 3.63) is 18.2 Å². The van der Waals surface area contributed by atoms with E-state index in [-0.39, 0.29) is 6.04 Å². The summed E-state index contributed by atoms with van der Waals surface area (Å²) >= 11 is 0. The number of hydrogen-bond acceptors (Lipinski definition) is 3. The Morgan fingerprint density at radius 3 is 2.48 bits per heavy atom. The molecule has 4 fully saturated rings. The van der Waals surface area contributed by atoms with E-state index in [1.807, 2.05) is 6.20 Å². The number of nitrogens with one attached hydrogen (secondary N) is 1. The molecular weight excluding hydrogens is 260 g/mol. The molecule has 21 heavy (non-hydrogen) atoms. The maximum absolute atomic E-state index is 6.01. The maximum Gasteiger partial charge on any atom is 0.127 e. The van der Waals surface area contributed by atoms with Crippen LogP contribution in [0.4, 0.5) is 0 Å². The Bertz CT molecular complexity index is 467. The van der Waals surface area contributed by atoms with Gasteiger partial charge in [-0.3, -0.25) is 5.84 Å². The second kappa shape index (κ2) is 5.40. The molecule has 4 aliphatic rings. The van der Waals surface area contributed by atoms with Crippen LogP contribution < -0.4 is 11.3 Å². The average Bonchev–Trinajstić information content (AvgIpc) is 2.90. The first-order valence-corrected chi connectivity index (χ1v) is 8.77. The number of imidazole rings is 1. The Hall–Kier alpha value is -0.870. The van der Waals surface area contributed by atoms with Crippen molar-refractivity contribution in [2.24, 2.45) is 35.4 Å². The van der Waals surface area contributed by atoms with E-state index in [9.17, 15) is 0 Å². The average molecular weight is 288 g/mol. The largest absolute Gasteiger partial charge is 0.334 e. The van der Waals surface area contributed by atoms with Gasteiger partial charge in [-0.1, -0.05) is 6.92 Å². The molecule has 0 radical (unpaired) electrons. The third-order valence-corrected chi connectivity index (χ3v) is 6.35. The van der Waals surface area contributed by atoms with Crippen molar-refractivity contribution < 1.29 is 0 Å². The minimum absolute atomic E-state index is 0.238. The number of aromatic nitrogens is 2. The lowest BCUT2D eigenvalue weighted by atomic mass is 9.50. The van der Waals surface area contributed by atoms with Gasteiger partial charge in [0.15, 0.2) is 0 Å². The summed E-state index contributed by atoms with van der Waals surface area (Å²) < 4.78 is 2.30. The summed E-state index contributed by atoms with van der Waals surface area (Å²) in [5.41, 5.74) is 3.15. The van der Waals surface area contributed by atoms with E-state index in [2.05, 4.69) is 28.1 Å². The fourth-order valence-corrected chi connectivity index (χ4v) is 5.90. The molecule has 0 saturated heterocycles. The summed E-state index contributed by atoms with van der Waals surface area (Å²) in [4.78, 5) is 4.66. The Kier molecular flexibility index (Phi) is 3.54. The number of nitrogens with zero attached hydrogens (tertiary/aromatic N) is 2. The molecular formula is C17H28N4. The lowest BCUT2D eigenvalue weighted by Crippen LogP contribution is -2.51. The Morgan fingerprint density at radius 1 is 1.24 bits per heavy atom. The fourth-order valence-electron chi connectivity index (χ4n) is 5.90. The van der Waals surface area contributed by atoms with Crippen molar-refractivity contribution in [3.8, 4) is 0 Å². The van der Waals surface area contributed by atoms with Crippen LogP contribution in [0.1, 0.15) is 57.3 Å². The van der Waals surface area contributed by atoms with Gasteiger partial charge in [0, 0.05) is 18.9 Å². The second-order valence-corrected chi connectivity index (χ2v) is 7.63. The van der Waals surface area contributed by atoms with Gasteiger partial charge in [0.1, 0.15) is 5.82 Å². The van der Waals surface area contributed by atoms with E-state index in [1.165, 1.54) is 32.1 Å². The molecule has 3 N–H and O–H groups in total. The standard InChI is InChI=1S/C17H28N4/c1-2-4-21-5-3-19-17(21)16(20-18)15-13-7-11-6-12(9-13)10-14(15)8-11/h3,5,11-16,20H,2,4,6-10,18H2,1H3. The van der Waals surface area contributed by atoms with Crippen molar-refractivity contribution >= 4 is 0 Å². The van der Waals surface area contributed by atoms with E-state index in [4.69, 9.17) is 5.84 Å². The van der Waals surface area contributed by atoms with Gasteiger partial charge >= 0.3 is 0 Å². The van der Waals surface area contributed by atoms with Gasteiger partial charge in [0.05, 0.1) is 6.04 Å². The van der Waals surface area contributed by atoms with Gasteiger partial charge in [0.2, 0.25) is 0 Å². The van der Waals surface area contributed by atoms with Gasteiger partial charge in [-0.2, -0.15) is 0 Å². The Labute approximate surface area is 127 Å². The predicted molar refractivity (Wildman–Crippen MR) is 83.1 cm³/mol. The Balaban J connectivity index is 1.62. The molecule has 1 aromatic heterocycles. The summed E-state index contributed by atoms with van der Waals surface area (Å²) in [6, 6.07) is 0.238. The van der Waals surface area contributed by atoms with Crippen LogP contribution in [0.3, 0.4) is 0 Å². The summed E-state index contributed by atoms with van der Waals surface area (Å²) in [5, 5.41) is 0. The first-order chi connectivity index (χ1) is 10.3. The molecule has 1 aromatic rings. The zero-order chi connectivity index (χ0) is 14.4. The van der Waals surface area contributed by atoms with Crippen LogP contribution in [0.2, 0.25) is 0 Å². The molecule has 4 aliphatic carbocycles. The molecule has 0 amide bonds. The number of hydrazine groups is 1. The quantitative estimate of drug-likeness (QED) is 0.647. The Morgan fingerprint density at radius 2 is 1.90 bits per heavy atom. The molecule has 4 bridgehead atoms. The summed E-state index contributed by atoms with van der Waals surface area (Å²) in [7, 11) is 0. The zero-order valence-corrected chi connectivity index (χ0v) is 13.0. The highest BCUT2D eigenvalue weighted by Gasteiger charge is 2.51. The highest BCUT2D eigenvalue weighted by atomic mass is 15.3. The first kappa shape index (κ1) is 13.8. The molecule has 1 heterocycles. The molecule has 5 rings (SSSR count). The van der Waals surface area contributed by atoms with Gasteiger partial charge in [-0.15, -0.1) is 0 Å². The third-order valence-electron chi connectivity index (χ3n) is 6.35. The molecule has 1 unspecified atom stereocenters. The van der Waals surface area contributed by atoms with E-state index >= 15 is 0 Å². The van der Waals surface area contributed by atoms with Crippen LogP contribution in [0.15, 0.2) is 12.4 Å². The molecule has 0 spiro atoms. The smallest absolute Gasteiger partial charge is 0.127 e. The van der Waals surface area contributed by atoms with Crippen LogP contribution >= 0.6 is 0 Å². The lowest BCUT2D eigenvalue weighted by Gasteiger charge is -2.56. The molecule has 4 saturated carbocycles. The third kappa shape index (κ3) is 2.23. The van der Waals surface area contributed by atoms with Gasteiger partial charge in [0.25, 0.3) is 0 Å². The van der Waals surface area contributed by atoms with Crippen molar-refractivity contribution in [2.45, 2.75) is 58.0 Å². The van der Waals surface area contributed by atoms with Crippen molar-refractivity contribution in [3.63, 3.8) is 0 Å². The van der Waals surface area contributed by atoms with E-state index in [0.717, 1.165) is 42.5 Å². The lowest BCUT2D eigenvalue weighted by molar-refractivity contribution is -0.0542. The van der Waals surface area contributed by atoms with Gasteiger partial charge < -0.3 is 4.57 Å². The van der Waals surface area contributed by atoms with Gasteiger partial charge in [-0.25, -0.2) is 10.4 Å². The van der Waals surface area contributed by atoms with Crippen molar-refractivity contribution in [1.82, 2.24) is 15.0 Å². The SMILES string of the molecule is CCCn1ccnc1C(NN)C1C2CC3CC(C2)CC1C3. The predicted octanol–water partition coefficient (Wildman–Crippen LogP) is 2.87. The molecule has 4 nitrogen and oxygen atoms in total. The van der Waals surface area contributed by atoms with Crippen LogP contribution in [0, 0.1) is 29.6 Å². The molecule has 116 valence electrons. The molecule has 1 atom stereocenters. The van der Waals surface area contributed by atoms with Crippen molar-refractivity contribution in [2.75, 3.05) is 0 Å². The van der Waals surface area contributed by atoms with Crippen molar-refractivity contribution in [1.29, 1.82) is 0 Å². The highest BCUT2D eigenvalue weighted by Crippen LogP contribution is 2.59. The monoisotopic (exact) mass is 288 g/mol. The first-order valence-electron chi connectivity index (χ1n) is 8.77. The highest BCUT2D eigenvalue weighted by molar-refractivity contribution is 5.08. The number of rotatable bonds is 5. The maximum atomic E-state index is 6.01. The normalized spacial score (nSPS) is 38.9. The zero-order valence-electron chi connectivity index (χ0n) is 13.0. The minimum Gasteiger partial charge on any atom is -0.334 e. The second-order valence-electron chi connectivity index (χ2n) is 7.63. The summed E-state index contributed by atoms with van der Waals surface area (Å²) in [6.07, 6.45) is 12.4. The minimum atomic E-state index is 0.238. The fraction of sp³-hybridized carbons (Fsp3) is 0.824. The molecule has 4 heteroatoms. The molecule has 0 aromatic carbocycles. The topological polar surface area (TPSA) is 55.9 Å². The van der Waals surface area contributed by atoms with Crippen LogP contribution in [0.5, 0.6) is 0 Å². The number of aryl methyl sites for hydroxylation is 1. The summed E-state index contributed by atoms with van der Waals surface area (Å²) in [5.74, 6) is 11.6. The van der Waals surface area contributed by atoms with Crippen LogP contribution in [-0.4, -0.2) is 9.55 Å². The van der Waals surface area contributed by atoms with E-state index in [1.54, 1.807) is 0 Å². The van der Waals surface area contributed by atoms with E-state index < -0.39 is 0 Å². The van der Waals surface area contributed by atoms with Gasteiger partial charge in [-0.05, 0) is 68.1 Å². The van der Waals surface area contributed by atoms with E-state index in [0.29, 0.717) is 5.92 Å². The van der Waals surface area contributed by atoms with Crippen LogP contribution in [-0.2, 0) is 6.54 Å². The summed E-state index contributed by atoms with van der Waals surface area (Å²) in [6.45, 7) is 3.26. The van der Waals surface area contributed by atoms with Crippen LogP contribution in [0.25, 0.3) is 0 Å².